The molecule has 1 aromatic rings. The third-order valence-electron chi connectivity index (χ3n) is 3.15. The molecule has 0 aromatic heterocycles. The van der Waals surface area contributed by atoms with Crippen LogP contribution in [0.2, 0.25) is 0 Å². The first-order valence-corrected chi connectivity index (χ1v) is 7.61. The van der Waals surface area contributed by atoms with Crippen molar-refractivity contribution < 1.29 is 14.3 Å². The molecule has 0 saturated heterocycles. The maximum Gasteiger partial charge on any atom is 0.412 e. The molecule has 6 heteroatoms. The van der Waals surface area contributed by atoms with Crippen LogP contribution < -0.4 is 10.1 Å². The Kier molecular flexibility index (Phi) is 4.54. The van der Waals surface area contributed by atoms with Crippen molar-refractivity contribution in [2.75, 3.05) is 19.4 Å². The molecule has 1 aromatic carbocycles. The zero-order valence-electron chi connectivity index (χ0n) is 14.6. The Hall–Kier alpha value is -2.24. The monoisotopic (exact) mass is 319 g/mol. The molecule has 0 radical (unpaired) electrons. The van der Waals surface area contributed by atoms with Gasteiger partial charge in [-0.2, -0.15) is 5.10 Å². The number of nitrogens with zero attached hydrogens (tertiary/aromatic N) is 2. The molecule has 1 atom stereocenters. The summed E-state index contributed by atoms with van der Waals surface area (Å²) >= 11 is 0. The summed E-state index contributed by atoms with van der Waals surface area (Å²) in [5, 5.41) is 8.74. The number of hydrogen-bond donors (Lipinski definition) is 1. The van der Waals surface area contributed by atoms with Crippen LogP contribution in [0.15, 0.2) is 23.3 Å². The molecule has 1 amide bonds. The Morgan fingerprint density at radius 3 is 2.74 bits per heavy atom. The quantitative estimate of drug-likeness (QED) is 0.686. The molecular formula is C17H25N3O3. The number of benzene rings is 1. The summed E-state index contributed by atoms with van der Waals surface area (Å²) in [6, 6.07) is 5.57. The van der Waals surface area contributed by atoms with Crippen molar-refractivity contribution in [3.05, 3.63) is 23.8 Å². The molecule has 0 fully saturated rings. The highest BCUT2D eigenvalue weighted by atomic mass is 16.6. The van der Waals surface area contributed by atoms with E-state index in [-0.39, 0.29) is 0 Å². The number of ether oxygens (including phenoxy) is 2. The fraction of sp³-hybridized carbons (Fsp3) is 0.529. The molecule has 1 N–H and O–H groups in total. The Balaban J connectivity index is 2.07. The van der Waals surface area contributed by atoms with Crippen molar-refractivity contribution in [2.45, 2.75) is 45.3 Å². The number of anilines is 1. The van der Waals surface area contributed by atoms with Crippen molar-refractivity contribution >= 4 is 18.0 Å². The lowest BCUT2D eigenvalue weighted by atomic mass is 10.0. The highest BCUT2D eigenvalue weighted by Gasteiger charge is 2.33. The predicted octanol–water partition coefficient (Wildman–Crippen LogP) is 3.27. The summed E-state index contributed by atoms with van der Waals surface area (Å²) in [5.74, 6) is 0.812. The summed E-state index contributed by atoms with van der Waals surface area (Å²) < 4.78 is 11.2. The molecule has 0 saturated carbocycles. The summed E-state index contributed by atoms with van der Waals surface area (Å²) in [4.78, 5) is 11.8. The van der Waals surface area contributed by atoms with E-state index in [1.807, 2.05) is 53.9 Å². The van der Waals surface area contributed by atoms with Gasteiger partial charge in [-0.25, -0.2) is 4.79 Å². The van der Waals surface area contributed by atoms with E-state index in [1.165, 1.54) is 0 Å². The highest BCUT2D eigenvalue weighted by molar-refractivity contribution is 5.85. The van der Waals surface area contributed by atoms with Crippen LogP contribution in [0.3, 0.4) is 0 Å². The van der Waals surface area contributed by atoms with Gasteiger partial charge < -0.3 is 14.5 Å². The molecule has 0 aliphatic carbocycles. The Labute approximate surface area is 137 Å². The zero-order chi connectivity index (χ0) is 17.3. The predicted molar refractivity (Wildman–Crippen MR) is 91.2 cm³/mol. The second-order valence-electron chi connectivity index (χ2n) is 7.13. The number of nitrogens with one attached hydrogen (secondary N) is 1. The molecule has 1 aliphatic rings. The van der Waals surface area contributed by atoms with E-state index in [9.17, 15) is 4.79 Å². The van der Waals surface area contributed by atoms with Crippen molar-refractivity contribution in [3.8, 4) is 5.75 Å². The summed E-state index contributed by atoms with van der Waals surface area (Å²) in [6.07, 6.45) is 2.03. The summed E-state index contributed by atoms with van der Waals surface area (Å²) in [6.45, 7) is 7.48. The van der Waals surface area contributed by atoms with E-state index in [1.54, 1.807) is 17.3 Å². The van der Waals surface area contributed by atoms with Gasteiger partial charge in [0.25, 0.3) is 0 Å². The van der Waals surface area contributed by atoms with E-state index < -0.39 is 17.3 Å². The van der Waals surface area contributed by atoms with Gasteiger partial charge in [0.15, 0.2) is 0 Å². The average molecular weight is 319 g/mol. The number of rotatable bonds is 3. The Morgan fingerprint density at radius 2 is 2.13 bits per heavy atom. The second kappa shape index (κ2) is 6.10. The van der Waals surface area contributed by atoms with Gasteiger partial charge in [0.05, 0.1) is 6.21 Å². The van der Waals surface area contributed by atoms with Gasteiger partial charge in [-0.1, -0.05) is 0 Å². The van der Waals surface area contributed by atoms with Crippen LogP contribution in [-0.4, -0.2) is 42.6 Å². The molecule has 2 rings (SSSR count). The van der Waals surface area contributed by atoms with E-state index in [0.29, 0.717) is 12.1 Å². The van der Waals surface area contributed by atoms with Crippen LogP contribution >= 0.6 is 0 Å². The van der Waals surface area contributed by atoms with Crippen molar-refractivity contribution in [1.82, 2.24) is 5.01 Å². The van der Waals surface area contributed by atoms with E-state index in [0.717, 1.165) is 11.3 Å². The summed E-state index contributed by atoms with van der Waals surface area (Å²) in [5.41, 5.74) is 0.726. The van der Waals surface area contributed by atoms with Crippen LogP contribution in [0.1, 0.15) is 33.3 Å². The van der Waals surface area contributed by atoms with E-state index in [4.69, 9.17) is 9.47 Å². The van der Waals surface area contributed by atoms with Gasteiger partial charge >= 0.3 is 6.09 Å². The number of hydrogen-bond acceptors (Lipinski definition) is 5. The normalized spacial score (nSPS) is 20.1. The maximum atomic E-state index is 11.8. The van der Waals surface area contributed by atoms with E-state index >= 15 is 0 Å². The van der Waals surface area contributed by atoms with Crippen molar-refractivity contribution in [1.29, 1.82) is 0 Å². The Bertz CT molecular complexity index is 620. The van der Waals surface area contributed by atoms with Gasteiger partial charge in [0, 0.05) is 31.8 Å². The van der Waals surface area contributed by atoms with Crippen molar-refractivity contribution in [3.63, 3.8) is 0 Å². The molecule has 1 heterocycles. The summed E-state index contributed by atoms with van der Waals surface area (Å²) in [7, 11) is 3.73. The maximum absolute atomic E-state index is 11.8. The van der Waals surface area contributed by atoms with Crippen molar-refractivity contribution in [2.24, 2.45) is 5.10 Å². The molecule has 126 valence electrons. The van der Waals surface area contributed by atoms with Crippen LogP contribution in [0, 0.1) is 0 Å². The molecular weight excluding hydrogens is 294 g/mol. The van der Waals surface area contributed by atoms with Crippen LogP contribution in [-0.2, 0) is 11.2 Å². The molecule has 0 spiro atoms. The first-order valence-electron chi connectivity index (χ1n) is 7.61. The molecule has 1 aliphatic heterocycles. The molecule has 6 nitrogen and oxygen atoms in total. The highest BCUT2D eigenvalue weighted by Crippen LogP contribution is 2.36. The molecule has 23 heavy (non-hydrogen) atoms. The third-order valence-corrected chi connectivity index (χ3v) is 3.15. The molecule has 0 bridgehead atoms. The second-order valence-corrected chi connectivity index (χ2v) is 7.13. The lowest BCUT2D eigenvalue weighted by molar-refractivity contribution is 0.0636. The first-order chi connectivity index (χ1) is 10.6. The van der Waals surface area contributed by atoms with E-state index in [2.05, 4.69) is 10.4 Å². The average Bonchev–Trinajstić information content (AvgIpc) is 2.70. The van der Waals surface area contributed by atoms with Gasteiger partial charge in [0.2, 0.25) is 0 Å². The minimum Gasteiger partial charge on any atom is -0.481 e. The number of carbonyl (C=O) groups excluding carboxylic acids is 1. The zero-order valence-corrected chi connectivity index (χ0v) is 14.6. The lowest BCUT2D eigenvalue weighted by Gasteiger charge is -2.19. The Morgan fingerprint density at radius 1 is 1.43 bits per heavy atom. The van der Waals surface area contributed by atoms with Gasteiger partial charge in [-0.05, 0) is 45.9 Å². The minimum atomic E-state index is -0.523. The fourth-order valence-corrected chi connectivity index (χ4v) is 2.29. The standard InChI is InChI=1S/C17H25N3O3/c1-16(2,3)23-15(21)19-13-7-8-14-12(9-13)10-17(4,22-14)11-18-20(5)6/h7-9,11H,10H2,1-6H3,(H,19,21)/b18-11+. The minimum absolute atomic E-state index is 0.465. The van der Waals surface area contributed by atoms with Gasteiger partial charge in [-0.3, -0.25) is 5.32 Å². The van der Waals surface area contributed by atoms with Gasteiger partial charge in [0.1, 0.15) is 17.0 Å². The lowest BCUT2D eigenvalue weighted by Crippen LogP contribution is -2.32. The first kappa shape index (κ1) is 17.1. The number of fused-ring (bicyclic) bond motifs is 1. The number of amides is 1. The van der Waals surface area contributed by atoms with Crippen LogP contribution in [0.25, 0.3) is 0 Å². The SMILES string of the molecule is CN(C)/N=C/C1(C)Cc2cc(NC(=O)OC(C)(C)C)ccc2O1. The van der Waals surface area contributed by atoms with Crippen LogP contribution in [0.4, 0.5) is 10.5 Å². The molecule has 1 unspecified atom stereocenters. The number of carbonyl (C=O) groups is 1. The van der Waals surface area contributed by atoms with Crippen LogP contribution in [0.5, 0.6) is 5.75 Å². The number of hydrazone groups is 1. The largest absolute Gasteiger partial charge is 0.481 e. The smallest absolute Gasteiger partial charge is 0.412 e. The fourth-order valence-electron chi connectivity index (χ4n) is 2.29. The topological polar surface area (TPSA) is 63.2 Å². The van der Waals surface area contributed by atoms with Gasteiger partial charge in [-0.15, -0.1) is 0 Å². The third kappa shape index (κ3) is 4.87.